The quantitative estimate of drug-likeness (QED) is 0.696. The number of nitrogens with zero attached hydrogens (tertiary/aromatic N) is 2. The predicted molar refractivity (Wildman–Crippen MR) is 77.1 cm³/mol. The molecule has 0 saturated carbocycles. The van der Waals surface area contributed by atoms with Gasteiger partial charge in [-0.1, -0.05) is 6.92 Å². The van der Waals surface area contributed by atoms with E-state index in [1.54, 1.807) is 22.7 Å². The number of rotatable bonds is 6. The molecule has 1 atom stereocenters. The standard InChI is InChI=1S/C14H17N3O5/c1-3-8-11(13(19)16-9(7-18)14(20)21)17-6-4-5-10(22-2)12(17)15-8/h4-6,9,18H,3,7H2,1-2H3,(H,16,19)(H,20,21). The second kappa shape index (κ2) is 6.44. The predicted octanol–water partition coefficient (Wildman–Crippen LogP) is 0.0806. The molecule has 2 rings (SSSR count). The molecular weight excluding hydrogens is 290 g/mol. The van der Waals surface area contributed by atoms with Crippen molar-refractivity contribution in [2.24, 2.45) is 0 Å². The zero-order valence-corrected chi connectivity index (χ0v) is 12.2. The summed E-state index contributed by atoms with van der Waals surface area (Å²) in [7, 11) is 1.50. The normalized spacial score (nSPS) is 12.1. The molecule has 118 valence electrons. The van der Waals surface area contributed by atoms with Gasteiger partial charge in [-0.15, -0.1) is 0 Å². The highest BCUT2D eigenvalue weighted by atomic mass is 16.5. The lowest BCUT2D eigenvalue weighted by molar-refractivity contribution is -0.140. The second-order valence-electron chi connectivity index (χ2n) is 4.58. The Labute approximate surface area is 126 Å². The number of aromatic nitrogens is 2. The number of ether oxygens (including phenoxy) is 1. The number of aliphatic hydroxyl groups excluding tert-OH is 1. The van der Waals surface area contributed by atoms with Gasteiger partial charge in [0.15, 0.2) is 17.4 Å². The van der Waals surface area contributed by atoms with E-state index in [4.69, 9.17) is 14.9 Å². The molecule has 1 amide bonds. The smallest absolute Gasteiger partial charge is 0.328 e. The lowest BCUT2D eigenvalue weighted by Crippen LogP contribution is -2.43. The summed E-state index contributed by atoms with van der Waals surface area (Å²) in [5, 5.41) is 20.2. The molecular formula is C14H17N3O5. The number of carbonyl (C=O) groups excluding carboxylic acids is 1. The molecule has 0 fully saturated rings. The van der Waals surface area contributed by atoms with Crippen LogP contribution in [0.4, 0.5) is 0 Å². The van der Waals surface area contributed by atoms with Crippen LogP contribution < -0.4 is 10.1 Å². The maximum absolute atomic E-state index is 12.4. The third-order valence-corrected chi connectivity index (χ3v) is 3.24. The molecule has 0 saturated heterocycles. The molecule has 0 aliphatic heterocycles. The molecule has 0 aliphatic rings. The van der Waals surface area contributed by atoms with Crippen molar-refractivity contribution < 1.29 is 24.5 Å². The van der Waals surface area contributed by atoms with E-state index in [-0.39, 0.29) is 5.69 Å². The first kappa shape index (κ1) is 15.8. The Morgan fingerprint density at radius 3 is 2.77 bits per heavy atom. The maximum Gasteiger partial charge on any atom is 0.328 e. The fourth-order valence-corrected chi connectivity index (χ4v) is 2.15. The summed E-state index contributed by atoms with van der Waals surface area (Å²) >= 11 is 0. The highest BCUT2D eigenvalue weighted by Crippen LogP contribution is 2.22. The molecule has 1 unspecified atom stereocenters. The number of amides is 1. The van der Waals surface area contributed by atoms with Crippen molar-refractivity contribution in [1.82, 2.24) is 14.7 Å². The van der Waals surface area contributed by atoms with E-state index in [2.05, 4.69) is 10.3 Å². The minimum atomic E-state index is -1.37. The number of aliphatic hydroxyl groups is 1. The average Bonchev–Trinajstić information content (AvgIpc) is 2.90. The van der Waals surface area contributed by atoms with Crippen molar-refractivity contribution in [2.75, 3.05) is 13.7 Å². The zero-order valence-electron chi connectivity index (χ0n) is 12.2. The van der Waals surface area contributed by atoms with Crippen LogP contribution in [0.25, 0.3) is 5.65 Å². The molecule has 0 bridgehead atoms. The molecule has 2 aromatic rings. The van der Waals surface area contributed by atoms with Gasteiger partial charge < -0.3 is 20.3 Å². The molecule has 0 radical (unpaired) electrons. The Bertz CT molecular complexity index is 710. The monoisotopic (exact) mass is 307 g/mol. The summed E-state index contributed by atoms with van der Waals surface area (Å²) in [6.45, 7) is 1.15. The number of imidazole rings is 1. The number of hydrogen-bond donors (Lipinski definition) is 3. The fraction of sp³-hybridized carbons (Fsp3) is 0.357. The van der Waals surface area contributed by atoms with Crippen LogP contribution >= 0.6 is 0 Å². The molecule has 0 spiro atoms. The van der Waals surface area contributed by atoms with Gasteiger partial charge in [0.1, 0.15) is 5.69 Å². The van der Waals surface area contributed by atoms with Crippen LogP contribution in [0.2, 0.25) is 0 Å². The van der Waals surface area contributed by atoms with Crippen molar-refractivity contribution in [3.63, 3.8) is 0 Å². The van der Waals surface area contributed by atoms with Gasteiger partial charge in [0.05, 0.1) is 19.4 Å². The van der Waals surface area contributed by atoms with E-state index in [0.717, 1.165) is 0 Å². The Kier molecular flexibility index (Phi) is 4.62. The maximum atomic E-state index is 12.4. The van der Waals surface area contributed by atoms with Crippen molar-refractivity contribution in [1.29, 1.82) is 0 Å². The third kappa shape index (κ3) is 2.73. The number of carboxylic acids is 1. The van der Waals surface area contributed by atoms with Crippen molar-refractivity contribution >= 4 is 17.5 Å². The van der Waals surface area contributed by atoms with E-state index < -0.39 is 24.5 Å². The van der Waals surface area contributed by atoms with Gasteiger partial charge in [0.25, 0.3) is 5.91 Å². The van der Waals surface area contributed by atoms with E-state index >= 15 is 0 Å². The van der Waals surface area contributed by atoms with E-state index in [1.807, 2.05) is 6.92 Å². The molecule has 8 nitrogen and oxygen atoms in total. The summed E-state index contributed by atoms with van der Waals surface area (Å²) in [6.07, 6.45) is 2.14. The van der Waals surface area contributed by atoms with Crippen LogP contribution in [0.5, 0.6) is 5.75 Å². The van der Waals surface area contributed by atoms with Crippen LogP contribution in [0.1, 0.15) is 23.1 Å². The topological polar surface area (TPSA) is 113 Å². The molecule has 0 aromatic carbocycles. The Hall–Kier alpha value is -2.61. The molecule has 0 aliphatic carbocycles. The van der Waals surface area contributed by atoms with Gasteiger partial charge in [0, 0.05) is 6.20 Å². The van der Waals surface area contributed by atoms with Gasteiger partial charge in [-0.2, -0.15) is 0 Å². The van der Waals surface area contributed by atoms with Gasteiger partial charge in [-0.25, -0.2) is 9.78 Å². The van der Waals surface area contributed by atoms with Gasteiger partial charge in [-0.3, -0.25) is 9.20 Å². The van der Waals surface area contributed by atoms with E-state index in [1.165, 1.54) is 7.11 Å². The van der Waals surface area contributed by atoms with Crippen LogP contribution in [0.3, 0.4) is 0 Å². The number of methoxy groups -OCH3 is 1. The third-order valence-electron chi connectivity index (χ3n) is 3.24. The van der Waals surface area contributed by atoms with Crippen molar-refractivity contribution in [2.45, 2.75) is 19.4 Å². The highest BCUT2D eigenvalue weighted by Gasteiger charge is 2.25. The molecule has 2 aromatic heterocycles. The van der Waals surface area contributed by atoms with Crippen LogP contribution in [-0.2, 0) is 11.2 Å². The number of nitrogens with one attached hydrogen (secondary N) is 1. The lowest BCUT2D eigenvalue weighted by Gasteiger charge is -2.12. The number of carboxylic acid groups (broad SMARTS) is 1. The van der Waals surface area contributed by atoms with Crippen LogP contribution in [-0.4, -0.2) is 51.2 Å². The number of pyridine rings is 1. The summed E-state index contributed by atoms with van der Waals surface area (Å²) in [6, 6.07) is 2.05. The number of carbonyl (C=O) groups is 2. The zero-order chi connectivity index (χ0) is 16.3. The van der Waals surface area contributed by atoms with Gasteiger partial charge >= 0.3 is 5.97 Å². The second-order valence-corrected chi connectivity index (χ2v) is 4.58. The minimum absolute atomic E-state index is 0.232. The summed E-state index contributed by atoms with van der Waals surface area (Å²) in [4.78, 5) is 27.7. The number of aliphatic carboxylic acids is 1. The van der Waals surface area contributed by atoms with Crippen molar-refractivity contribution in [3.05, 3.63) is 29.7 Å². The Morgan fingerprint density at radius 2 is 2.23 bits per heavy atom. The highest BCUT2D eigenvalue weighted by molar-refractivity contribution is 5.97. The van der Waals surface area contributed by atoms with Gasteiger partial charge in [-0.05, 0) is 18.6 Å². The first-order valence-corrected chi connectivity index (χ1v) is 6.71. The molecule has 22 heavy (non-hydrogen) atoms. The average molecular weight is 307 g/mol. The SMILES string of the molecule is CCc1nc2c(OC)cccn2c1C(=O)NC(CO)C(=O)O. The van der Waals surface area contributed by atoms with E-state index in [9.17, 15) is 9.59 Å². The van der Waals surface area contributed by atoms with Crippen LogP contribution in [0.15, 0.2) is 18.3 Å². The first-order valence-electron chi connectivity index (χ1n) is 6.71. The van der Waals surface area contributed by atoms with Gasteiger partial charge in [0.2, 0.25) is 0 Å². The van der Waals surface area contributed by atoms with E-state index in [0.29, 0.717) is 23.5 Å². The molecule has 8 heteroatoms. The largest absolute Gasteiger partial charge is 0.493 e. The van der Waals surface area contributed by atoms with Crippen LogP contribution in [0, 0.1) is 0 Å². The molecule has 3 N–H and O–H groups in total. The first-order chi connectivity index (χ1) is 10.5. The fourth-order valence-electron chi connectivity index (χ4n) is 2.15. The van der Waals surface area contributed by atoms with Crippen molar-refractivity contribution in [3.8, 4) is 5.75 Å². The lowest BCUT2D eigenvalue weighted by atomic mass is 10.2. The number of aryl methyl sites for hydroxylation is 1. The number of hydrogen-bond acceptors (Lipinski definition) is 5. The Morgan fingerprint density at radius 1 is 1.50 bits per heavy atom. The Balaban J connectivity index is 2.49. The summed E-state index contributed by atoms with van der Waals surface area (Å²) in [5.41, 5.74) is 1.23. The molecule has 2 heterocycles. The summed E-state index contributed by atoms with van der Waals surface area (Å²) in [5.74, 6) is -1.41. The minimum Gasteiger partial charge on any atom is -0.493 e. The summed E-state index contributed by atoms with van der Waals surface area (Å²) < 4.78 is 6.76. The number of fused-ring (bicyclic) bond motifs is 1.